The van der Waals surface area contributed by atoms with Gasteiger partial charge in [0, 0.05) is 10.7 Å². The molecule has 0 atom stereocenters. The molecule has 0 aliphatic rings. The Kier molecular flexibility index (Phi) is 5.78. The van der Waals surface area contributed by atoms with E-state index in [-0.39, 0.29) is 22.8 Å². The van der Waals surface area contributed by atoms with Crippen molar-refractivity contribution in [3.8, 4) is 0 Å². The first-order chi connectivity index (χ1) is 11.0. The second-order valence-electron chi connectivity index (χ2n) is 4.40. The van der Waals surface area contributed by atoms with E-state index in [0.29, 0.717) is 4.47 Å². The maximum atomic E-state index is 11.9. The normalized spacial score (nSPS) is 10.0. The summed E-state index contributed by atoms with van der Waals surface area (Å²) < 4.78 is 0.709. The predicted molar refractivity (Wildman–Crippen MR) is 87.9 cm³/mol. The molecule has 0 saturated carbocycles. The quantitative estimate of drug-likeness (QED) is 0.587. The van der Waals surface area contributed by atoms with Crippen molar-refractivity contribution >= 4 is 45.3 Å². The Morgan fingerprint density at radius 1 is 1.13 bits per heavy atom. The number of benzene rings is 1. The van der Waals surface area contributed by atoms with E-state index in [0.717, 1.165) is 0 Å². The number of aromatic amines is 1. The standard InChI is InChI=1S/C14H12BrClN4O3/c15-8-5-11(17-6-8)14(23)20-19-12(21)7-18-13(22)9-3-1-2-4-10(9)16/h1-6,17H,7H2,(H,18,22)(H,19,21)(H,20,23). The first kappa shape index (κ1) is 17.0. The highest BCUT2D eigenvalue weighted by molar-refractivity contribution is 9.10. The van der Waals surface area contributed by atoms with Crippen LogP contribution < -0.4 is 16.2 Å². The summed E-state index contributed by atoms with van der Waals surface area (Å²) in [7, 11) is 0. The highest BCUT2D eigenvalue weighted by Crippen LogP contribution is 2.14. The molecule has 9 heteroatoms. The summed E-state index contributed by atoms with van der Waals surface area (Å²) in [5, 5.41) is 2.69. The summed E-state index contributed by atoms with van der Waals surface area (Å²) in [5.41, 5.74) is 4.95. The van der Waals surface area contributed by atoms with Gasteiger partial charge in [-0.2, -0.15) is 0 Å². The van der Waals surface area contributed by atoms with Gasteiger partial charge in [-0.05, 0) is 34.1 Å². The van der Waals surface area contributed by atoms with Crippen LogP contribution in [0.3, 0.4) is 0 Å². The van der Waals surface area contributed by atoms with Crippen molar-refractivity contribution in [1.82, 2.24) is 21.2 Å². The van der Waals surface area contributed by atoms with Gasteiger partial charge in [-0.25, -0.2) is 0 Å². The first-order valence-corrected chi connectivity index (χ1v) is 7.60. The number of hydrazine groups is 1. The number of hydrogen-bond donors (Lipinski definition) is 4. The van der Waals surface area contributed by atoms with Gasteiger partial charge in [0.25, 0.3) is 17.7 Å². The number of H-pyrrole nitrogens is 1. The highest BCUT2D eigenvalue weighted by atomic mass is 79.9. The van der Waals surface area contributed by atoms with Crippen molar-refractivity contribution in [1.29, 1.82) is 0 Å². The number of carbonyl (C=O) groups is 3. The smallest absolute Gasteiger partial charge is 0.286 e. The Bertz CT molecular complexity index is 747. The maximum Gasteiger partial charge on any atom is 0.286 e. The third kappa shape index (κ3) is 4.83. The molecule has 1 aromatic carbocycles. The molecule has 0 unspecified atom stereocenters. The monoisotopic (exact) mass is 398 g/mol. The zero-order chi connectivity index (χ0) is 16.8. The van der Waals surface area contributed by atoms with E-state index in [4.69, 9.17) is 11.6 Å². The van der Waals surface area contributed by atoms with Crippen molar-refractivity contribution < 1.29 is 14.4 Å². The van der Waals surface area contributed by atoms with E-state index in [1.807, 2.05) is 0 Å². The number of rotatable bonds is 4. The molecule has 0 aliphatic carbocycles. The van der Waals surface area contributed by atoms with Crippen molar-refractivity contribution in [3.05, 3.63) is 57.3 Å². The van der Waals surface area contributed by atoms with Crippen molar-refractivity contribution in [2.75, 3.05) is 6.54 Å². The highest BCUT2D eigenvalue weighted by Gasteiger charge is 2.12. The number of halogens is 2. The van der Waals surface area contributed by atoms with Crippen molar-refractivity contribution in [3.63, 3.8) is 0 Å². The molecule has 0 bridgehead atoms. The van der Waals surface area contributed by atoms with Gasteiger partial charge in [0.1, 0.15) is 5.69 Å². The zero-order valence-corrected chi connectivity index (χ0v) is 14.0. The van der Waals surface area contributed by atoms with Crippen LogP contribution in [0.25, 0.3) is 0 Å². The predicted octanol–water partition coefficient (Wildman–Crippen LogP) is 1.62. The average Bonchev–Trinajstić information content (AvgIpc) is 2.97. The van der Waals surface area contributed by atoms with E-state index in [2.05, 4.69) is 37.1 Å². The Balaban J connectivity index is 1.78. The van der Waals surface area contributed by atoms with Crippen LogP contribution in [0.15, 0.2) is 41.0 Å². The van der Waals surface area contributed by atoms with E-state index in [1.54, 1.807) is 36.5 Å². The largest absolute Gasteiger partial charge is 0.356 e. The summed E-state index contributed by atoms with van der Waals surface area (Å²) in [6.45, 7) is -0.307. The van der Waals surface area contributed by atoms with Crippen LogP contribution in [0, 0.1) is 0 Å². The molecule has 2 aromatic rings. The van der Waals surface area contributed by atoms with Gasteiger partial charge in [-0.1, -0.05) is 23.7 Å². The number of carbonyl (C=O) groups excluding carboxylic acids is 3. The summed E-state index contributed by atoms with van der Waals surface area (Å²) >= 11 is 9.07. The van der Waals surface area contributed by atoms with Crippen LogP contribution in [-0.2, 0) is 4.79 Å². The van der Waals surface area contributed by atoms with Gasteiger partial charge in [0.2, 0.25) is 0 Å². The molecule has 23 heavy (non-hydrogen) atoms. The Morgan fingerprint density at radius 2 is 1.87 bits per heavy atom. The molecule has 120 valence electrons. The molecular weight excluding hydrogens is 388 g/mol. The molecule has 0 radical (unpaired) electrons. The van der Waals surface area contributed by atoms with Crippen LogP contribution in [-0.4, -0.2) is 29.3 Å². The first-order valence-electron chi connectivity index (χ1n) is 6.43. The summed E-state index contributed by atoms with van der Waals surface area (Å²) in [4.78, 5) is 37.9. The van der Waals surface area contributed by atoms with Crippen molar-refractivity contribution in [2.45, 2.75) is 0 Å². The van der Waals surface area contributed by atoms with Crippen LogP contribution in [0.4, 0.5) is 0 Å². The molecule has 4 N–H and O–H groups in total. The van der Waals surface area contributed by atoms with E-state index < -0.39 is 17.7 Å². The fourth-order valence-corrected chi connectivity index (χ4v) is 2.20. The number of amides is 3. The molecule has 1 heterocycles. The Labute approximate surface area is 144 Å². The molecule has 1 aromatic heterocycles. The Hall–Kier alpha value is -2.32. The molecule has 0 spiro atoms. The average molecular weight is 400 g/mol. The van der Waals surface area contributed by atoms with Gasteiger partial charge in [0.05, 0.1) is 17.1 Å². The van der Waals surface area contributed by atoms with Gasteiger partial charge in [-0.15, -0.1) is 0 Å². The second kappa shape index (κ2) is 7.80. The van der Waals surface area contributed by atoms with Crippen LogP contribution in [0.2, 0.25) is 5.02 Å². The number of aromatic nitrogens is 1. The lowest BCUT2D eigenvalue weighted by molar-refractivity contribution is -0.120. The zero-order valence-electron chi connectivity index (χ0n) is 11.7. The van der Waals surface area contributed by atoms with Gasteiger partial charge < -0.3 is 10.3 Å². The third-order valence-corrected chi connectivity index (χ3v) is 3.52. The summed E-state index contributed by atoms with van der Waals surface area (Å²) in [6.07, 6.45) is 1.58. The fourth-order valence-electron chi connectivity index (χ4n) is 1.64. The Morgan fingerprint density at radius 3 is 2.52 bits per heavy atom. The lowest BCUT2D eigenvalue weighted by Crippen LogP contribution is -2.46. The van der Waals surface area contributed by atoms with Gasteiger partial charge in [0.15, 0.2) is 0 Å². The second-order valence-corrected chi connectivity index (χ2v) is 5.72. The molecule has 3 amide bonds. The fraction of sp³-hybridized carbons (Fsp3) is 0.0714. The topological polar surface area (TPSA) is 103 Å². The molecule has 2 rings (SSSR count). The van der Waals surface area contributed by atoms with Crippen LogP contribution >= 0.6 is 27.5 Å². The summed E-state index contributed by atoms with van der Waals surface area (Å²) in [5.74, 6) is -1.57. The van der Waals surface area contributed by atoms with Crippen molar-refractivity contribution in [2.24, 2.45) is 0 Å². The van der Waals surface area contributed by atoms with Gasteiger partial charge >= 0.3 is 0 Å². The summed E-state index contributed by atoms with van der Waals surface area (Å²) in [6, 6.07) is 8.03. The minimum absolute atomic E-state index is 0.266. The molecule has 7 nitrogen and oxygen atoms in total. The lowest BCUT2D eigenvalue weighted by atomic mass is 10.2. The lowest BCUT2D eigenvalue weighted by Gasteiger charge is -2.08. The van der Waals surface area contributed by atoms with Gasteiger partial charge in [-0.3, -0.25) is 25.2 Å². The van der Waals surface area contributed by atoms with E-state index >= 15 is 0 Å². The SMILES string of the molecule is O=C(CNC(=O)c1ccccc1Cl)NNC(=O)c1cc(Br)c[nH]1. The van der Waals surface area contributed by atoms with E-state index in [9.17, 15) is 14.4 Å². The molecule has 0 saturated heterocycles. The van der Waals surface area contributed by atoms with Crippen LogP contribution in [0.1, 0.15) is 20.8 Å². The van der Waals surface area contributed by atoms with E-state index in [1.165, 1.54) is 0 Å². The number of hydrogen-bond acceptors (Lipinski definition) is 3. The molecule has 0 fully saturated rings. The maximum absolute atomic E-state index is 11.9. The molecule has 0 aliphatic heterocycles. The minimum atomic E-state index is -0.579. The van der Waals surface area contributed by atoms with Crippen LogP contribution in [0.5, 0.6) is 0 Å². The minimum Gasteiger partial charge on any atom is -0.356 e. The molecular formula is C14H12BrClN4O3. The third-order valence-electron chi connectivity index (χ3n) is 2.74. The number of nitrogens with one attached hydrogen (secondary N) is 4.